The maximum Gasteiger partial charge on any atom is 0.473 e. The summed E-state index contributed by atoms with van der Waals surface area (Å²) in [5.74, 6) is -2.65. The van der Waals surface area contributed by atoms with E-state index in [1.54, 1.807) is 12.1 Å². The average molecular weight is 789 g/mol. The van der Waals surface area contributed by atoms with E-state index in [9.17, 15) is 49.4 Å². The van der Waals surface area contributed by atoms with Crippen LogP contribution in [0, 0.1) is 0 Å². The standard InChI is InChI=1S/C31H45N6O16P/c1-13-22-14(2)36(12-37(22)23-27(33-13)34-31(32)35-28(23)45)16-5-3-15(4-6-16)9-17(38)24(42)18(39)10-50-30-26(44)25(43)20(52-30)11-51-54(48,49)53-19(29(46)47)7-8-21(40)41/h3-6,13-14,17-20,22,24-26,30,38-39,42-44H,7-12H2,1-2H3,(H,40,41)(H,46,47)(H,48,49)(H4,32,33,34,35,45)/t13-,14+,17-,18?,19+,20+,22+,24-,25+,26+,30-/m0/s1. The number of H-pyrrole nitrogens is 1. The highest BCUT2D eigenvalue weighted by atomic mass is 31.2. The molecule has 23 heteroatoms. The molecule has 22 nitrogen and oxygen atoms in total. The SMILES string of the molecule is C[C@@H]1Nc2nc(N)[nH]c(=O)c2N2CN(c3ccc(C[C@H](O)[C@H](O)C(O)CO[C@H]4O[C@H](COP(=O)(O)O[C@H](CCC(=O)O)C(=O)O)[C@@H](O)[C@H]4O)cc3)[C@H](C)[C@@H]12. The van der Waals surface area contributed by atoms with Gasteiger partial charge in [-0.15, -0.1) is 0 Å². The topological polar surface area (TPSA) is 340 Å². The number of anilines is 4. The van der Waals surface area contributed by atoms with Crippen molar-refractivity contribution in [2.45, 2.75) is 100 Å². The second kappa shape index (κ2) is 16.8. The fraction of sp³-hybridized carbons (Fsp3) is 0.613. The zero-order valence-electron chi connectivity index (χ0n) is 29.1. The van der Waals surface area contributed by atoms with Crippen LogP contribution in [-0.4, -0.2) is 150 Å². The van der Waals surface area contributed by atoms with Crippen LogP contribution in [0.25, 0.3) is 0 Å². The number of hydrogen-bond donors (Lipinski definition) is 11. The van der Waals surface area contributed by atoms with Crippen LogP contribution in [0.4, 0.5) is 23.1 Å². The average Bonchev–Trinajstić information content (AvgIpc) is 3.58. The van der Waals surface area contributed by atoms with E-state index in [1.165, 1.54) is 0 Å². The zero-order valence-corrected chi connectivity index (χ0v) is 30.0. The number of aromatic nitrogens is 2. The summed E-state index contributed by atoms with van der Waals surface area (Å²) in [5, 5.41) is 73.6. The van der Waals surface area contributed by atoms with E-state index in [1.807, 2.05) is 30.9 Å². The molecule has 1 aromatic heterocycles. The fourth-order valence-electron chi connectivity index (χ4n) is 6.77. The number of hydrogen-bond acceptors (Lipinski definition) is 18. The van der Waals surface area contributed by atoms with Crippen LogP contribution in [0.3, 0.4) is 0 Å². The van der Waals surface area contributed by atoms with Crippen molar-refractivity contribution in [3.05, 3.63) is 40.2 Å². The predicted octanol–water partition coefficient (Wildman–Crippen LogP) is -2.25. The first-order valence-electron chi connectivity index (χ1n) is 16.9. The highest BCUT2D eigenvalue weighted by molar-refractivity contribution is 7.47. The highest BCUT2D eigenvalue weighted by Crippen LogP contribution is 2.46. The number of nitrogens with one attached hydrogen (secondary N) is 2. The van der Waals surface area contributed by atoms with Gasteiger partial charge in [0.15, 0.2) is 18.2 Å². The lowest BCUT2D eigenvalue weighted by Crippen LogP contribution is -2.52. The van der Waals surface area contributed by atoms with Gasteiger partial charge in [-0.3, -0.25) is 23.6 Å². The maximum atomic E-state index is 12.8. The molecule has 0 amide bonds. The van der Waals surface area contributed by atoms with Gasteiger partial charge in [0.2, 0.25) is 5.95 Å². The van der Waals surface area contributed by atoms with Gasteiger partial charge in [-0.2, -0.15) is 4.98 Å². The summed E-state index contributed by atoms with van der Waals surface area (Å²) in [5.41, 5.74) is 7.27. The third-order valence-corrected chi connectivity index (χ3v) is 10.5. The molecule has 3 aliphatic rings. The Hall–Kier alpha value is -3.93. The lowest BCUT2D eigenvalue weighted by Gasteiger charge is -2.37. The molecule has 300 valence electrons. The lowest BCUT2D eigenvalue weighted by atomic mass is 9.98. The van der Waals surface area contributed by atoms with Crippen LogP contribution in [-0.2, 0) is 39.1 Å². The number of aliphatic carboxylic acids is 2. The second-order valence-corrected chi connectivity index (χ2v) is 14.8. The summed E-state index contributed by atoms with van der Waals surface area (Å²) < 4.78 is 32.1. The Morgan fingerprint density at radius 3 is 2.43 bits per heavy atom. The Morgan fingerprint density at radius 2 is 1.78 bits per heavy atom. The maximum absolute atomic E-state index is 12.8. The van der Waals surface area contributed by atoms with E-state index in [4.69, 9.17) is 25.4 Å². The van der Waals surface area contributed by atoms with Gasteiger partial charge < -0.3 is 71.0 Å². The number of phosphoric acid groups is 1. The van der Waals surface area contributed by atoms with Crippen molar-refractivity contribution in [2.75, 3.05) is 40.7 Å². The largest absolute Gasteiger partial charge is 0.481 e. The van der Waals surface area contributed by atoms with Crippen LogP contribution in [0.2, 0.25) is 0 Å². The molecule has 4 heterocycles. The highest BCUT2D eigenvalue weighted by Gasteiger charge is 2.47. The minimum absolute atomic E-state index is 0.0155. The number of rotatable bonds is 17. The Balaban J connectivity index is 1.10. The number of aromatic amines is 1. The zero-order chi connectivity index (χ0) is 39.6. The summed E-state index contributed by atoms with van der Waals surface area (Å²) in [4.78, 5) is 55.6. The first kappa shape index (κ1) is 41.2. The van der Waals surface area contributed by atoms with Gasteiger partial charge in [0, 0.05) is 24.6 Å². The van der Waals surface area contributed by atoms with Gasteiger partial charge in [0.05, 0.1) is 38.1 Å². The number of nitrogens with two attached hydrogens (primary N) is 1. The number of aliphatic hydroxyl groups excluding tert-OH is 5. The van der Waals surface area contributed by atoms with Crippen LogP contribution in [0.15, 0.2) is 29.1 Å². The molecule has 5 rings (SSSR count). The molecular formula is C31H45N6O16P. The quantitative estimate of drug-likeness (QED) is 0.0754. The molecule has 2 aromatic rings. The van der Waals surface area contributed by atoms with Crippen LogP contribution >= 0.6 is 7.82 Å². The van der Waals surface area contributed by atoms with E-state index in [2.05, 4.69) is 29.2 Å². The number of carboxylic acid groups (broad SMARTS) is 2. The van der Waals surface area contributed by atoms with E-state index in [0.717, 1.165) is 5.69 Å². The van der Waals surface area contributed by atoms with Crippen LogP contribution < -0.4 is 26.4 Å². The molecule has 12 N–H and O–H groups in total. The summed E-state index contributed by atoms with van der Waals surface area (Å²) in [6.07, 6.45) is -14.9. The number of aliphatic hydroxyl groups is 5. The number of carboxylic acids is 2. The van der Waals surface area contributed by atoms with Crippen molar-refractivity contribution in [1.29, 1.82) is 0 Å². The minimum Gasteiger partial charge on any atom is -0.481 e. The molecule has 0 spiro atoms. The number of fused-ring (bicyclic) bond motifs is 3. The van der Waals surface area contributed by atoms with Crippen LogP contribution in [0.5, 0.6) is 0 Å². The van der Waals surface area contributed by atoms with E-state index < -0.39 is 94.8 Å². The molecule has 0 saturated carbocycles. The summed E-state index contributed by atoms with van der Waals surface area (Å²) >= 11 is 0. The minimum atomic E-state index is -5.11. The summed E-state index contributed by atoms with van der Waals surface area (Å²) in [6.45, 7) is 2.86. The Bertz CT molecular complexity index is 1750. The molecule has 12 atom stereocenters. The van der Waals surface area contributed by atoms with Gasteiger partial charge in [0.1, 0.15) is 36.2 Å². The number of benzene rings is 1. The van der Waals surface area contributed by atoms with Gasteiger partial charge in [-0.1, -0.05) is 12.1 Å². The van der Waals surface area contributed by atoms with Crippen LogP contribution in [0.1, 0.15) is 32.3 Å². The molecule has 0 radical (unpaired) electrons. The smallest absolute Gasteiger partial charge is 0.473 e. The van der Waals surface area contributed by atoms with Crippen molar-refractivity contribution < 1.29 is 73.3 Å². The number of nitrogen functional groups attached to an aromatic ring is 1. The van der Waals surface area contributed by atoms with Gasteiger partial charge in [0.25, 0.3) is 5.56 Å². The summed E-state index contributed by atoms with van der Waals surface area (Å²) in [6, 6.07) is 7.06. The Morgan fingerprint density at radius 1 is 1.09 bits per heavy atom. The number of nitrogens with zero attached hydrogens (tertiary/aromatic N) is 3. The van der Waals surface area contributed by atoms with Gasteiger partial charge in [-0.05, 0) is 38.0 Å². The van der Waals surface area contributed by atoms with Gasteiger partial charge >= 0.3 is 19.8 Å². The third kappa shape index (κ3) is 9.29. The Labute approximate surface area is 307 Å². The Kier molecular flexibility index (Phi) is 12.9. The molecule has 0 bridgehead atoms. The first-order valence-corrected chi connectivity index (χ1v) is 18.4. The van der Waals surface area contributed by atoms with E-state index in [0.29, 0.717) is 23.7 Å². The summed E-state index contributed by atoms with van der Waals surface area (Å²) in [7, 11) is -5.11. The molecule has 54 heavy (non-hydrogen) atoms. The molecular weight excluding hydrogens is 743 g/mol. The van der Waals surface area contributed by atoms with Crippen molar-refractivity contribution in [2.24, 2.45) is 0 Å². The van der Waals surface area contributed by atoms with Crippen molar-refractivity contribution in [3.63, 3.8) is 0 Å². The number of phosphoric ester groups is 1. The fourth-order valence-corrected chi connectivity index (χ4v) is 7.68. The van der Waals surface area contributed by atoms with Crippen molar-refractivity contribution in [1.82, 2.24) is 9.97 Å². The predicted molar refractivity (Wildman–Crippen MR) is 185 cm³/mol. The monoisotopic (exact) mass is 788 g/mol. The normalized spacial score (nSPS) is 28.3. The lowest BCUT2D eigenvalue weighted by molar-refractivity contribution is -0.192. The third-order valence-electron chi connectivity index (χ3n) is 9.54. The number of carbonyl (C=O) groups is 2. The molecule has 1 aromatic carbocycles. The number of ether oxygens (including phenoxy) is 2. The first-order chi connectivity index (χ1) is 25.4. The van der Waals surface area contributed by atoms with Gasteiger partial charge in [-0.25, -0.2) is 9.36 Å². The molecule has 0 aliphatic carbocycles. The molecule has 2 unspecified atom stereocenters. The molecule has 3 aliphatic heterocycles. The van der Waals surface area contributed by atoms with E-state index >= 15 is 0 Å². The van der Waals surface area contributed by atoms with Crippen molar-refractivity contribution >= 4 is 42.9 Å². The van der Waals surface area contributed by atoms with E-state index in [-0.39, 0.29) is 36.1 Å². The second-order valence-electron chi connectivity index (χ2n) is 13.4. The molecule has 2 fully saturated rings. The molecule has 2 saturated heterocycles. The van der Waals surface area contributed by atoms with Crippen molar-refractivity contribution in [3.8, 4) is 0 Å².